The van der Waals surface area contributed by atoms with Gasteiger partial charge in [0.1, 0.15) is 6.33 Å². The lowest BCUT2D eigenvalue weighted by Crippen LogP contribution is -2.07. The third-order valence-electron chi connectivity index (χ3n) is 3.68. The van der Waals surface area contributed by atoms with Crippen LogP contribution >= 0.6 is 24.0 Å². The highest BCUT2D eigenvalue weighted by atomic mass is 35.5. The highest BCUT2D eigenvalue weighted by Crippen LogP contribution is 2.32. The molecule has 132 valence electrons. The van der Waals surface area contributed by atoms with Crippen molar-refractivity contribution >= 4 is 35.6 Å². The number of aromatic nitrogens is 5. The minimum atomic E-state index is -0.133. The van der Waals surface area contributed by atoms with Crippen LogP contribution in [0.4, 0.5) is 11.6 Å². The molecule has 2 aromatic heterocycles. The summed E-state index contributed by atoms with van der Waals surface area (Å²) < 4.78 is 1.70. The van der Waals surface area contributed by atoms with Crippen LogP contribution in [0.2, 0.25) is 5.02 Å². The maximum atomic E-state index is 6.44. The Labute approximate surface area is 157 Å². The van der Waals surface area contributed by atoms with Crippen molar-refractivity contribution in [1.82, 2.24) is 24.7 Å². The molecule has 0 bridgehead atoms. The average molecular weight is 380 g/mol. The summed E-state index contributed by atoms with van der Waals surface area (Å²) in [6.45, 7) is 3.83. The first-order valence-electron chi connectivity index (χ1n) is 7.45. The zero-order chi connectivity index (χ0) is 17.3. The van der Waals surface area contributed by atoms with Crippen LogP contribution in [0.25, 0.3) is 11.4 Å². The molecule has 1 unspecified atom stereocenters. The van der Waals surface area contributed by atoms with Gasteiger partial charge in [-0.2, -0.15) is 10.1 Å². The van der Waals surface area contributed by atoms with Crippen LogP contribution < -0.4 is 11.1 Å². The zero-order valence-corrected chi connectivity index (χ0v) is 15.6. The minimum Gasteiger partial charge on any atom is -0.324 e. The molecule has 3 N–H and O–H groups in total. The Morgan fingerprint density at radius 3 is 2.68 bits per heavy atom. The number of nitrogens with one attached hydrogen (secondary N) is 1. The van der Waals surface area contributed by atoms with Crippen molar-refractivity contribution in [3.63, 3.8) is 0 Å². The maximum absolute atomic E-state index is 6.44. The van der Waals surface area contributed by atoms with Crippen LogP contribution in [0.5, 0.6) is 0 Å². The molecule has 3 aromatic rings. The van der Waals surface area contributed by atoms with Crippen molar-refractivity contribution in [3.05, 3.63) is 47.0 Å². The van der Waals surface area contributed by atoms with Gasteiger partial charge in [-0.1, -0.05) is 23.7 Å². The second-order valence-electron chi connectivity index (χ2n) is 5.59. The topological polar surface area (TPSA) is 94.5 Å². The molecule has 0 saturated carbocycles. The van der Waals surface area contributed by atoms with Gasteiger partial charge in [0.05, 0.1) is 11.9 Å². The van der Waals surface area contributed by atoms with E-state index < -0.39 is 0 Å². The summed E-state index contributed by atoms with van der Waals surface area (Å²) in [4.78, 5) is 12.9. The van der Waals surface area contributed by atoms with Crippen LogP contribution in [-0.4, -0.2) is 24.7 Å². The number of aryl methyl sites for hydroxylation is 1. The molecule has 7 nitrogen and oxygen atoms in total. The number of nitrogens with two attached hydrogens (primary N) is 1. The van der Waals surface area contributed by atoms with Gasteiger partial charge in [0.2, 0.25) is 5.95 Å². The van der Waals surface area contributed by atoms with Crippen LogP contribution in [0.3, 0.4) is 0 Å². The van der Waals surface area contributed by atoms with E-state index >= 15 is 0 Å². The average Bonchev–Trinajstić information content (AvgIpc) is 2.95. The molecule has 1 atom stereocenters. The van der Waals surface area contributed by atoms with Crippen molar-refractivity contribution in [2.75, 3.05) is 5.32 Å². The largest absolute Gasteiger partial charge is 0.324 e. The van der Waals surface area contributed by atoms with Gasteiger partial charge in [-0.3, -0.25) is 4.68 Å². The quantitative estimate of drug-likeness (QED) is 0.720. The number of benzene rings is 1. The molecule has 2 heterocycles. The summed E-state index contributed by atoms with van der Waals surface area (Å²) in [5, 5.41) is 7.84. The second kappa shape index (κ2) is 7.77. The van der Waals surface area contributed by atoms with Gasteiger partial charge >= 0.3 is 0 Å². The summed E-state index contributed by atoms with van der Waals surface area (Å²) in [5.74, 6) is 0.992. The van der Waals surface area contributed by atoms with Crippen molar-refractivity contribution < 1.29 is 0 Å². The molecule has 0 spiro atoms. The first-order valence-corrected chi connectivity index (χ1v) is 7.83. The Kier molecular flexibility index (Phi) is 5.94. The Balaban J connectivity index is 0.00000225. The van der Waals surface area contributed by atoms with Gasteiger partial charge in [0.15, 0.2) is 5.82 Å². The molecule has 0 saturated heterocycles. The molecule has 0 aliphatic rings. The highest BCUT2D eigenvalue weighted by molar-refractivity contribution is 6.32. The van der Waals surface area contributed by atoms with E-state index in [4.69, 9.17) is 17.3 Å². The third kappa shape index (κ3) is 4.07. The number of nitrogens with zero attached hydrogens (tertiary/aromatic N) is 5. The van der Waals surface area contributed by atoms with Crippen LogP contribution in [0.1, 0.15) is 24.1 Å². The van der Waals surface area contributed by atoms with Crippen molar-refractivity contribution in [2.24, 2.45) is 12.8 Å². The summed E-state index contributed by atoms with van der Waals surface area (Å²) in [5.41, 5.74) is 9.39. The molecule has 0 fully saturated rings. The summed E-state index contributed by atoms with van der Waals surface area (Å²) >= 11 is 6.44. The summed E-state index contributed by atoms with van der Waals surface area (Å²) in [6.07, 6.45) is 5.00. The fourth-order valence-corrected chi connectivity index (χ4v) is 2.74. The summed E-state index contributed by atoms with van der Waals surface area (Å²) in [7, 11) is 1.84. The molecule has 0 aliphatic carbocycles. The predicted molar refractivity (Wildman–Crippen MR) is 101 cm³/mol. The lowest BCUT2D eigenvalue weighted by Gasteiger charge is -2.13. The molecular weight excluding hydrogens is 361 g/mol. The van der Waals surface area contributed by atoms with Gasteiger partial charge in [-0.15, -0.1) is 12.4 Å². The maximum Gasteiger partial charge on any atom is 0.230 e. The van der Waals surface area contributed by atoms with Crippen molar-refractivity contribution in [2.45, 2.75) is 19.9 Å². The van der Waals surface area contributed by atoms with E-state index in [1.54, 1.807) is 10.9 Å². The second-order valence-corrected chi connectivity index (χ2v) is 5.97. The Hall–Kier alpha value is -2.22. The fourth-order valence-electron chi connectivity index (χ4n) is 2.40. The van der Waals surface area contributed by atoms with Crippen LogP contribution in [0, 0.1) is 6.92 Å². The number of halogens is 2. The Bertz CT molecular complexity index is 877. The molecule has 0 aliphatic heterocycles. The Morgan fingerprint density at radius 1 is 1.28 bits per heavy atom. The fraction of sp³-hybridized carbons (Fsp3) is 0.250. The Morgan fingerprint density at radius 2 is 2.04 bits per heavy atom. The molecule has 25 heavy (non-hydrogen) atoms. The zero-order valence-electron chi connectivity index (χ0n) is 14.1. The van der Waals surface area contributed by atoms with E-state index in [9.17, 15) is 0 Å². The molecule has 9 heteroatoms. The number of hydrogen-bond donors (Lipinski definition) is 2. The lowest BCUT2D eigenvalue weighted by atomic mass is 10.0. The first kappa shape index (κ1) is 19.1. The SMILES string of the molecule is Cc1c(-c2ncnc(Nc3cnn(C)c3)n2)ccc(C(C)N)c1Cl.Cl. The van der Waals surface area contributed by atoms with Crippen LogP contribution in [0.15, 0.2) is 30.9 Å². The van der Waals surface area contributed by atoms with Crippen LogP contribution in [-0.2, 0) is 7.05 Å². The molecular formula is C16H19Cl2N7. The molecule has 1 aromatic carbocycles. The number of anilines is 2. The standard InChI is InChI=1S/C16H18ClN7.ClH/c1-9-12(4-5-13(10(2)18)14(9)17)15-19-8-20-16(23-15)22-11-6-21-24(3)7-11;/h4-8,10H,18H2,1-3H3,(H,19,20,22,23);1H. The van der Waals surface area contributed by atoms with E-state index in [1.807, 2.05) is 39.2 Å². The van der Waals surface area contributed by atoms with E-state index in [0.29, 0.717) is 16.8 Å². The number of hydrogen-bond acceptors (Lipinski definition) is 6. The van der Waals surface area contributed by atoms with Gasteiger partial charge in [0, 0.05) is 29.9 Å². The van der Waals surface area contributed by atoms with Crippen molar-refractivity contribution in [1.29, 1.82) is 0 Å². The van der Waals surface area contributed by atoms with Crippen molar-refractivity contribution in [3.8, 4) is 11.4 Å². The molecule has 3 rings (SSSR count). The molecule has 0 radical (unpaired) electrons. The number of rotatable bonds is 4. The van der Waals surface area contributed by atoms with Gasteiger partial charge in [0.25, 0.3) is 0 Å². The minimum absolute atomic E-state index is 0. The van der Waals surface area contributed by atoms with E-state index in [-0.39, 0.29) is 18.4 Å². The van der Waals surface area contributed by atoms with E-state index in [2.05, 4.69) is 25.4 Å². The molecule has 0 amide bonds. The third-order valence-corrected chi connectivity index (χ3v) is 4.18. The predicted octanol–water partition coefficient (Wildman–Crippen LogP) is 3.42. The van der Waals surface area contributed by atoms with Gasteiger partial charge in [-0.05, 0) is 25.0 Å². The first-order chi connectivity index (χ1) is 11.5. The van der Waals surface area contributed by atoms with E-state index in [1.165, 1.54) is 6.33 Å². The smallest absolute Gasteiger partial charge is 0.230 e. The normalized spacial score (nSPS) is 11.7. The highest BCUT2D eigenvalue weighted by Gasteiger charge is 2.14. The lowest BCUT2D eigenvalue weighted by molar-refractivity contribution is 0.768. The monoisotopic (exact) mass is 379 g/mol. The van der Waals surface area contributed by atoms with Gasteiger partial charge < -0.3 is 11.1 Å². The van der Waals surface area contributed by atoms with Gasteiger partial charge in [-0.25, -0.2) is 9.97 Å². The van der Waals surface area contributed by atoms with E-state index in [0.717, 1.165) is 22.4 Å². The summed E-state index contributed by atoms with van der Waals surface area (Å²) in [6, 6.07) is 3.71.